The maximum absolute atomic E-state index is 12.4. The molecule has 26 heavy (non-hydrogen) atoms. The maximum atomic E-state index is 12.4. The molecule has 0 atom stereocenters. The fourth-order valence-electron chi connectivity index (χ4n) is 2.95. The number of carboxylic acid groups (broad SMARTS) is 1. The molecule has 2 heterocycles. The van der Waals surface area contributed by atoms with Crippen LogP contribution < -0.4 is 5.32 Å². The molecule has 1 aromatic heterocycles. The highest BCUT2D eigenvalue weighted by Gasteiger charge is 2.25. The Balaban J connectivity index is 1.55. The second kappa shape index (κ2) is 7.77. The summed E-state index contributed by atoms with van der Waals surface area (Å²) in [5, 5.41) is 11.9. The molecule has 1 saturated heterocycles. The van der Waals surface area contributed by atoms with E-state index in [2.05, 4.69) is 10.3 Å². The first-order valence-corrected chi connectivity index (χ1v) is 8.39. The number of hydrogen-bond acceptors (Lipinski definition) is 4. The maximum Gasteiger partial charge on any atom is 0.354 e. The topological polar surface area (TPSA) is 99.6 Å². The van der Waals surface area contributed by atoms with Crippen molar-refractivity contribution in [2.75, 3.05) is 13.1 Å². The average molecular weight is 353 g/mol. The number of nitrogens with zero attached hydrogens (tertiary/aromatic N) is 2. The number of nitrogens with one attached hydrogen (secondary N) is 1. The number of carbonyl (C=O) groups excluding carboxylic acids is 2. The van der Waals surface area contributed by atoms with E-state index in [4.69, 9.17) is 5.11 Å². The van der Waals surface area contributed by atoms with Crippen LogP contribution in [0.1, 0.15) is 44.0 Å². The van der Waals surface area contributed by atoms with Crippen LogP contribution in [-0.4, -0.2) is 51.9 Å². The molecule has 1 aromatic carbocycles. The second-order valence-corrected chi connectivity index (χ2v) is 6.14. The molecule has 1 aliphatic rings. The molecule has 0 radical (unpaired) electrons. The van der Waals surface area contributed by atoms with Crippen molar-refractivity contribution in [3.05, 3.63) is 65.5 Å². The van der Waals surface area contributed by atoms with Crippen LogP contribution in [0.5, 0.6) is 0 Å². The van der Waals surface area contributed by atoms with Gasteiger partial charge in [0.1, 0.15) is 5.69 Å². The molecular formula is C19H19N3O4. The highest BCUT2D eigenvalue weighted by atomic mass is 16.4. The molecule has 7 heteroatoms. The third-order valence-electron chi connectivity index (χ3n) is 4.38. The summed E-state index contributed by atoms with van der Waals surface area (Å²) in [7, 11) is 0. The number of pyridine rings is 1. The third-order valence-corrected chi connectivity index (χ3v) is 4.38. The number of aromatic carboxylic acids is 1. The van der Waals surface area contributed by atoms with Crippen LogP contribution in [0.15, 0.2) is 48.7 Å². The molecule has 7 nitrogen and oxygen atoms in total. The molecule has 134 valence electrons. The minimum absolute atomic E-state index is 0.00406. The Labute approximate surface area is 150 Å². The molecule has 0 aliphatic carbocycles. The third kappa shape index (κ3) is 4.05. The number of carboxylic acids is 1. The van der Waals surface area contributed by atoms with Gasteiger partial charge in [0.25, 0.3) is 11.8 Å². The van der Waals surface area contributed by atoms with Gasteiger partial charge in [0, 0.05) is 36.5 Å². The first-order chi connectivity index (χ1) is 12.5. The summed E-state index contributed by atoms with van der Waals surface area (Å²) in [6, 6.07) is 11.8. The number of benzene rings is 1. The van der Waals surface area contributed by atoms with E-state index in [0.717, 1.165) is 0 Å². The minimum atomic E-state index is -1.17. The van der Waals surface area contributed by atoms with Gasteiger partial charge in [-0.25, -0.2) is 9.78 Å². The van der Waals surface area contributed by atoms with Crippen molar-refractivity contribution in [1.82, 2.24) is 15.2 Å². The molecule has 3 rings (SSSR count). The summed E-state index contributed by atoms with van der Waals surface area (Å²) in [6.45, 7) is 1.13. The van der Waals surface area contributed by atoms with Crippen LogP contribution in [0.3, 0.4) is 0 Å². The summed E-state index contributed by atoms with van der Waals surface area (Å²) in [5.74, 6) is -1.51. The Morgan fingerprint density at radius 1 is 1.04 bits per heavy atom. The van der Waals surface area contributed by atoms with Gasteiger partial charge in [0.2, 0.25) is 0 Å². The molecule has 2 amide bonds. The second-order valence-electron chi connectivity index (χ2n) is 6.14. The van der Waals surface area contributed by atoms with Crippen LogP contribution in [-0.2, 0) is 0 Å². The monoisotopic (exact) mass is 353 g/mol. The molecule has 0 bridgehead atoms. The summed E-state index contributed by atoms with van der Waals surface area (Å²) in [6.07, 6.45) is 2.61. The van der Waals surface area contributed by atoms with E-state index in [1.807, 2.05) is 18.2 Å². The van der Waals surface area contributed by atoms with E-state index in [9.17, 15) is 14.4 Å². The summed E-state index contributed by atoms with van der Waals surface area (Å²) in [5.41, 5.74) is 0.758. The van der Waals surface area contributed by atoms with Gasteiger partial charge < -0.3 is 15.3 Å². The van der Waals surface area contributed by atoms with Crippen LogP contribution in [0.2, 0.25) is 0 Å². The van der Waals surface area contributed by atoms with Crippen LogP contribution in [0, 0.1) is 0 Å². The number of likely N-dealkylation sites (tertiary alicyclic amines) is 1. The molecule has 0 saturated carbocycles. The zero-order valence-corrected chi connectivity index (χ0v) is 14.1. The highest BCUT2D eigenvalue weighted by Crippen LogP contribution is 2.15. The number of hydrogen-bond donors (Lipinski definition) is 2. The van der Waals surface area contributed by atoms with E-state index in [1.54, 1.807) is 17.0 Å². The number of aromatic nitrogens is 1. The Morgan fingerprint density at radius 2 is 1.73 bits per heavy atom. The molecule has 1 fully saturated rings. The van der Waals surface area contributed by atoms with Crippen LogP contribution in [0.4, 0.5) is 0 Å². The number of carbonyl (C=O) groups is 3. The quantitative estimate of drug-likeness (QED) is 0.873. The number of amides is 2. The predicted molar refractivity (Wildman–Crippen MR) is 94.0 cm³/mol. The van der Waals surface area contributed by atoms with E-state index in [-0.39, 0.29) is 29.1 Å². The van der Waals surface area contributed by atoms with Crippen molar-refractivity contribution in [3.63, 3.8) is 0 Å². The lowest BCUT2D eigenvalue weighted by Gasteiger charge is -2.32. The van der Waals surface area contributed by atoms with Crippen molar-refractivity contribution in [2.45, 2.75) is 18.9 Å². The van der Waals surface area contributed by atoms with E-state index >= 15 is 0 Å². The first-order valence-electron chi connectivity index (χ1n) is 8.39. The van der Waals surface area contributed by atoms with E-state index in [1.165, 1.54) is 18.3 Å². The minimum Gasteiger partial charge on any atom is -0.477 e. The predicted octanol–water partition coefficient (Wildman–Crippen LogP) is 1.81. The fraction of sp³-hybridized carbons (Fsp3) is 0.263. The normalized spacial score (nSPS) is 14.7. The lowest BCUT2D eigenvalue weighted by atomic mass is 10.0. The van der Waals surface area contributed by atoms with Gasteiger partial charge in [-0.1, -0.05) is 18.2 Å². The van der Waals surface area contributed by atoms with E-state index < -0.39 is 5.97 Å². The van der Waals surface area contributed by atoms with Gasteiger partial charge >= 0.3 is 5.97 Å². The molecule has 2 N–H and O–H groups in total. The zero-order valence-electron chi connectivity index (χ0n) is 14.1. The summed E-state index contributed by atoms with van der Waals surface area (Å²) < 4.78 is 0. The van der Waals surface area contributed by atoms with Crippen molar-refractivity contribution in [1.29, 1.82) is 0 Å². The van der Waals surface area contributed by atoms with Crippen LogP contribution >= 0.6 is 0 Å². The van der Waals surface area contributed by atoms with Gasteiger partial charge in [-0.2, -0.15) is 0 Å². The van der Waals surface area contributed by atoms with Crippen molar-refractivity contribution >= 4 is 17.8 Å². The van der Waals surface area contributed by atoms with Gasteiger partial charge in [-0.05, 0) is 37.1 Å². The SMILES string of the molecule is O=C(NC1CCN(C(=O)c2ccccc2)CC1)c1ccnc(C(=O)O)c1. The lowest BCUT2D eigenvalue weighted by Crippen LogP contribution is -2.46. The Hall–Kier alpha value is -3.22. The Bertz CT molecular complexity index is 815. The summed E-state index contributed by atoms with van der Waals surface area (Å²) >= 11 is 0. The van der Waals surface area contributed by atoms with Crippen molar-refractivity contribution in [2.24, 2.45) is 0 Å². The number of piperidine rings is 1. The largest absolute Gasteiger partial charge is 0.477 e. The highest BCUT2D eigenvalue weighted by molar-refractivity contribution is 5.97. The van der Waals surface area contributed by atoms with Crippen molar-refractivity contribution < 1.29 is 19.5 Å². The van der Waals surface area contributed by atoms with Crippen LogP contribution in [0.25, 0.3) is 0 Å². The molecular weight excluding hydrogens is 334 g/mol. The van der Waals surface area contributed by atoms with Crippen molar-refractivity contribution in [3.8, 4) is 0 Å². The first kappa shape index (κ1) is 17.6. The standard InChI is InChI=1S/C19H19N3O4/c23-17(14-6-9-20-16(12-14)19(25)26)21-15-7-10-22(11-8-15)18(24)13-4-2-1-3-5-13/h1-6,9,12,15H,7-8,10-11H2,(H,21,23)(H,25,26). The Kier molecular flexibility index (Phi) is 5.26. The Morgan fingerprint density at radius 3 is 2.38 bits per heavy atom. The molecule has 1 aliphatic heterocycles. The van der Waals surface area contributed by atoms with E-state index in [0.29, 0.717) is 31.5 Å². The lowest BCUT2D eigenvalue weighted by molar-refractivity contribution is 0.0685. The summed E-state index contributed by atoms with van der Waals surface area (Å²) in [4.78, 5) is 41.2. The smallest absolute Gasteiger partial charge is 0.354 e. The van der Waals surface area contributed by atoms with Gasteiger partial charge in [-0.15, -0.1) is 0 Å². The van der Waals surface area contributed by atoms with Gasteiger partial charge in [-0.3, -0.25) is 9.59 Å². The van der Waals surface area contributed by atoms with Gasteiger partial charge in [0.15, 0.2) is 0 Å². The zero-order chi connectivity index (χ0) is 18.5. The van der Waals surface area contributed by atoms with Gasteiger partial charge in [0.05, 0.1) is 0 Å². The fourth-order valence-corrected chi connectivity index (χ4v) is 2.95. The molecule has 0 unspecified atom stereocenters. The number of rotatable bonds is 4. The molecule has 0 spiro atoms. The molecule has 2 aromatic rings. The average Bonchev–Trinajstić information content (AvgIpc) is 2.68.